The normalized spacial score (nSPS) is 24.4. The van der Waals surface area contributed by atoms with Gasteiger partial charge in [-0.25, -0.2) is 0 Å². The summed E-state index contributed by atoms with van der Waals surface area (Å²) in [6, 6.07) is 9.55. The van der Waals surface area contributed by atoms with Crippen molar-refractivity contribution >= 4 is 5.91 Å². The Balaban J connectivity index is 1.44. The van der Waals surface area contributed by atoms with Crippen molar-refractivity contribution in [3.63, 3.8) is 0 Å². The van der Waals surface area contributed by atoms with Gasteiger partial charge in [-0.2, -0.15) is 0 Å². The third-order valence-corrected chi connectivity index (χ3v) is 5.09. The molecule has 6 nitrogen and oxygen atoms in total. The molecule has 0 radical (unpaired) electrons. The smallest absolute Gasteiger partial charge is 0.226 e. The van der Waals surface area contributed by atoms with Gasteiger partial charge in [-0.05, 0) is 18.1 Å². The maximum Gasteiger partial charge on any atom is 0.226 e. The number of rotatable bonds is 7. The molecule has 0 unspecified atom stereocenters. The molecule has 2 fully saturated rings. The molecule has 3 rings (SSSR count). The van der Waals surface area contributed by atoms with Crippen LogP contribution in [0.4, 0.5) is 0 Å². The second-order valence-corrected chi connectivity index (χ2v) is 6.83. The van der Waals surface area contributed by atoms with Crippen LogP contribution in [0.15, 0.2) is 30.3 Å². The van der Waals surface area contributed by atoms with Crippen LogP contribution in [0.2, 0.25) is 0 Å². The van der Waals surface area contributed by atoms with E-state index in [2.05, 4.69) is 4.90 Å². The lowest BCUT2D eigenvalue weighted by Gasteiger charge is -2.30. The molecule has 0 aromatic heterocycles. The van der Waals surface area contributed by atoms with E-state index in [-0.39, 0.29) is 18.4 Å². The molecular formula is C19H28N2O4. The van der Waals surface area contributed by atoms with E-state index < -0.39 is 0 Å². The van der Waals surface area contributed by atoms with Gasteiger partial charge in [-0.15, -0.1) is 0 Å². The molecule has 25 heavy (non-hydrogen) atoms. The number of aliphatic hydroxyl groups excluding tert-OH is 1. The van der Waals surface area contributed by atoms with Crippen molar-refractivity contribution in [2.45, 2.75) is 6.42 Å². The molecule has 138 valence electrons. The number of carbonyl (C=O) groups is 1. The molecule has 2 aliphatic rings. The first-order valence-corrected chi connectivity index (χ1v) is 9.13. The van der Waals surface area contributed by atoms with Gasteiger partial charge in [0.15, 0.2) is 0 Å². The molecule has 2 atom stereocenters. The lowest BCUT2D eigenvalue weighted by Crippen LogP contribution is -2.41. The maximum absolute atomic E-state index is 12.5. The number of benzene rings is 1. The average molecular weight is 348 g/mol. The summed E-state index contributed by atoms with van der Waals surface area (Å²) in [5.74, 6) is 1.40. The van der Waals surface area contributed by atoms with E-state index in [0.717, 1.165) is 45.1 Å². The molecular weight excluding hydrogens is 320 g/mol. The van der Waals surface area contributed by atoms with Crippen LogP contribution in [-0.2, 0) is 9.53 Å². The van der Waals surface area contributed by atoms with Gasteiger partial charge >= 0.3 is 0 Å². The van der Waals surface area contributed by atoms with E-state index in [0.29, 0.717) is 25.5 Å². The molecule has 1 amide bonds. The van der Waals surface area contributed by atoms with Crippen molar-refractivity contribution in [1.29, 1.82) is 0 Å². The van der Waals surface area contributed by atoms with Gasteiger partial charge in [0.2, 0.25) is 5.91 Å². The Morgan fingerprint density at radius 1 is 1.16 bits per heavy atom. The quantitative estimate of drug-likeness (QED) is 0.792. The molecule has 0 bridgehead atoms. The number of aliphatic hydroxyl groups is 1. The van der Waals surface area contributed by atoms with E-state index in [1.165, 1.54) is 0 Å². The molecule has 2 heterocycles. The number of nitrogens with zero attached hydrogens (tertiary/aromatic N) is 2. The lowest BCUT2D eigenvalue weighted by atomic mass is 9.96. The minimum absolute atomic E-state index is 0.110. The molecule has 2 aliphatic heterocycles. The van der Waals surface area contributed by atoms with Crippen molar-refractivity contribution in [2.75, 3.05) is 59.2 Å². The van der Waals surface area contributed by atoms with Crippen LogP contribution in [0.1, 0.15) is 6.42 Å². The number of para-hydroxylation sites is 1. The number of hydrogen-bond donors (Lipinski definition) is 1. The monoisotopic (exact) mass is 348 g/mol. The molecule has 6 heteroatoms. The fourth-order valence-corrected chi connectivity index (χ4v) is 3.60. The fourth-order valence-electron chi connectivity index (χ4n) is 3.60. The third-order valence-electron chi connectivity index (χ3n) is 5.09. The minimum atomic E-state index is 0.110. The highest BCUT2D eigenvalue weighted by atomic mass is 16.5. The van der Waals surface area contributed by atoms with E-state index in [9.17, 15) is 9.90 Å². The average Bonchev–Trinajstić information content (AvgIpc) is 3.06. The molecule has 0 aliphatic carbocycles. The Kier molecular flexibility index (Phi) is 6.67. The van der Waals surface area contributed by atoms with Gasteiger partial charge in [-0.3, -0.25) is 9.69 Å². The number of carbonyl (C=O) groups excluding carboxylic acids is 1. The van der Waals surface area contributed by atoms with Gasteiger partial charge in [0.25, 0.3) is 0 Å². The Morgan fingerprint density at radius 2 is 1.88 bits per heavy atom. The molecule has 1 aromatic rings. The first-order valence-electron chi connectivity index (χ1n) is 9.13. The summed E-state index contributed by atoms with van der Waals surface area (Å²) in [6.07, 6.45) is 0.372. The summed E-state index contributed by atoms with van der Waals surface area (Å²) >= 11 is 0. The summed E-state index contributed by atoms with van der Waals surface area (Å²) in [6.45, 7) is 6.25. The van der Waals surface area contributed by atoms with Gasteiger partial charge < -0.3 is 19.5 Å². The van der Waals surface area contributed by atoms with Gasteiger partial charge in [0.05, 0.1) is 26.2 Å². The van der Waals surface area contributed by atoms with Crippen molar-refractivity contribution in [1.82, 2.24) is 9.80 Å². The van der Waals surface area contributed by atoms with Crippen molar-refractivity contribution < 1.29 is 19.4 Å². The highest BCUT2D eigenvalue weighted by Gasteiger charge is 2.35. The standard InChI is InChI=1S/C19H28N2O4/c22-15-17-14-21(13-16(17)12-20-7-10-24-11-8-20)19(23)6-9-25-18-4-2-1-3-5-18/h1-5,16-17,22H,6-15H2/t16-,17-/m0/s1. The maximum atomic E-state index is 12.5. The zero-order valence-corrected chi connectivity index (χ0v) is 14.7. The second kappa shape index (κ2) is 9.17. The van der Waals surface area contributed by atoms with E-state index in [1.54, 1.807) is 0 Å². The Morgan fingerprint density at radius 3 is 2.60 bits per heavy atom. The van der Waals surface area contributed by atoms with Gasteiger partial charge in [0, 0.05) is 45.2 Å². The number of likely N-dealkylation sites (tertiary alicyclic amines) is 1. The lowest BCUT2D eigenvalue weighted by molar-refractivity contribution is -0.131. The van der Waals surface area contributed by atoms with E-state index in [4.69, 9.17) is 9.47 Å². The van der Waals surface area contributed by atoms with Crippen LogP contribution in [-0.4, -0.2) is 80.0 Å². The number of ether oxygens (including phenoxy) is 2. The number of morpholine rings is 1. The SMILES string of the molecule is O=C(CCOc1ccccc1)N1C[C@@H](CO)[C@@H](CN2CCOCC2)C1. The molecule has 0 spiro atoms. The van der Waals surface area contributed by atoms with Gasteiger partial charge in [0.1, 0.15) is 5.75 Å². The minimum Gasteiger partial charge on any atom is -0.493 e. The first-order chi connectivity index (χ1) is 12.3. The predicted molar refractivity (Wildman–Crippen MR) is 94.5 cm³/mol. The van der Waals surface area contributed by atoms with Crippen LogP contribution < -0.4 is 4.74 Å². The van der Waals surface area contributed by atoms with Crippen LogP contribution in [0.5, 0.6) is 5.75 Å². The summed E-state index contributed by atoms with van der Waals surface area (Å²) < 4.78 is 11.0. The Bertz CT molecular complexity index is 533. The fraction of sp³-hybridized carbons (Fsp3) is 0.632. The van der Waals surface area contributed by atoms with Crippen molar-refractivity contribution in [2.24, 2.45) is 11.8 Å². The van der Waals surface area contributed by atoms with Crippen LogP contribution >= 0.6 is 0 Å². The van der Waals surface area contributed by atoms with Crippen molar-refractivity contribution in [3.8, 4) is 5.75 Å². The zero-order chi connectivity index (χ0) is 17.5. The molecule has 1 aromatic carbocycles. The second-order valence-electron chi connectivity index (χ2n) is 6.83. The molecule has 2 saturated heterocycles. The summed E-state index contributed by atoms with van der Waals surface area (Å²) in [5, 5.41) is 9.68. The van der Waals surface area contributed by atoms with Crippen LogP contribution in [0.25, 0.3) is 0 Å². The van der Waals surface area contributed by atoms with Crippen LogP contribution in [0.3, 0.4) is 0 Å². The molecule has 0 saturated carbocycles. The topological polar surface area (TPSA) is 62.2 Å². The molecule has 1 N–H and O–H groups in total. The number of amides is 1. The summed E-state index contributed by atoms with van der Waals surface area (Å²) in [7, 11) is 0. The van der Waals surface area contributed by atoms with E-state index in [1.807, 2.05) is 35.2 Å². The number of hydrogen-bond acceptors (Lipinski definition) is 5. The summed E-state index contributed by atoms with van der Waals surface area (Å²) in [5.41, 5.74) is 0. The highest BCUT2D eigenvalue weighted by molar-refractivity contribution is 5.76. The van der Waals surface area contributed by atoms with Gasteiger partial charge in [-0.1, -0.05) is 18.2 Å². The van der Waals surface area contributed by atoms with E-state index >= 15 is 0 Å². The largest absolute Gasteiger partial charge is 0.493 e. The predicted octanol–water partition coefficient (Wildman–Crippen LogP) is 0.855. The summed E-state index contributed by atoms with van der Waals surface area (Å²) in [4.78, 5) is 16.7. The zero-order valence-electron chi connectivity index (χ0n) is 14.7. The first kappa shape index (κ1) is 18.2. The Labute approximate surface area is 149 Å². The third kappa shape index (κ3) is 5.17. The Hall–Kier alpha value is -1.63. The highest BCUT2D eigenvalue weighted by Crippen LogP contribution is 2.25. The van der Waals surface area contributed by atoms with Crippen molar-refractivity contribution in [3.05, 3.63) is 30.3 Å². The van der Waals surface area contributed by atoms with Crippen LogP contribution in [0, 0.1) is 11.8 Å².